The number of hydrogen-bond donors (Lipinski definition) is 2. The maximum absolute atomic E-state index is 12.5. The number of aryl methyl sites for hydroxylation is 1. The third-order valence-corrected chi connectivity index (χ3v) is 8.38. The molecule has 0 atom stereocenters. The first-order valence-corrected chi connectivity index (χ1v) is 16.4. The Labute approximate surface area is 293 Å². The lowest BCUT2D eigenvalue weighted by Crippen LogP contribution is -2.15. The first kappa shape index (κ1) is 35.9. The molecule has 2 N–H and O–H groups in total. The molecule has 5 aromatic rings. The van der Waals surface area contributed by atoms with Crippen LogP contribution in [0.3, 0.4) is 0 Å². The van der Waals surface area contributed by atoms with Crippen LogP contribution in [0.2, 0.25) is 10.3 Å². The summed E-state index contributed by atoms with van der Waals surface area (Å²) in [6, 6.07) is 8.44. The number of imidazole rings is 2. The van der Waals surface area contributed by atoms with Crippen molar-refractivity contribution in [3.8, 4) is 11.3 Å². The molecular weight excluding hydrogens is 800 g/mol. The lowest BCUT2D eigenvalue weighted by Gasteiger charge is -2.11. The van der Waals surface area contributed by atoms with Crippen LogP contribution >= 0.6 is 45.8 Å². The number of anilines is 2. The van der Waals surface area contributed by atoms with Gasteiger partial charge in [-0.15, -0.1) is 0 Å². The Morgan fingerprint density at radius 3 is 1.96 bits per heavy atom. The summed E-state index contributed by atoms with van der Waals surface area (Å²) in [6.07, 6.45) is -4.35. The van der Waals surface area contributed by atoms with E-state index in [1.54, 1.807) is 12.4 Å². The van der Waals surface area contributed by atoms with E-state index in [-0.39, 0.29) is 29.2 Å². The molecule has 4 aromatic heterocycles. The van der Waals surface area contributed by atoms with E-state index in [1.807, 2.05) is 47.7 Å². The Hall–Kier alpha value is -3.38. The molecular formula is C30H27Cl2F6IN8O. The smallest absolute Gasteiger partial charge is 0.382 e. The van der Waals surface area contributed by atoms with Gasteiger partial charge in [-0.3, -0.25) is 4.79 Å². The number of carbonyl (C=O) groups excluding carboxylic acids is 1. The van der Waals surface area contributed by atoms with Crippen molar-refractivity contribution in [1.82, 2.24) is 29.2 Å². The van der Waals surface area contributed by atoms with Crippen LogP contribution in [0.5, 0.6) is 0 Å². The van der Waals surface area contributed by atoms with Gasteiger partial charge in [0.05, 0.1) is 42.3 Å². The number of ketones is 1. The van der Waals surface area contributed by atoms with Crippen LogP contribution in [-0.4, -0.2) is 60.4 Å². The van der Waals surface area contributed by atoms with Crippen LogP contribution in [0, 0.1) is 16.5 Å². The zero-order valence-corrected chi connectivity index (χ0v) is 28.7. The van der Waals surface area contributed by atoms with E-state index in [4.69, 9.17) is 23.2 Å². The lowest BCUT2D eigenvalue weighted by molar-refractivity contribution is -0.132. The van der Waals surface area contributed by atoms with Crippen molar-refractivity contribution in [3.63, 3.8) is 0 Å². The zero-order chi connectivity index (χ0) is 34.8. The first-order chi connectivity index (χ1) is 22.6. The van der Waals surface area contributed by atoms with E-state index in [0.29, 0.717) is 46.3 Å². The van der Waals surface area contributed by atoms with Crippen molar-refractivity contribution in [2.45, 2.75) is 51.4 Å². The van der Waals surface area contributed by atoms with Gasteiger partial charge < -0.3 is 10.6 Å². The molecule has 6 rings (SSSR count). The van der Waals surface area contributed by atoms with Crippen LogP contribution in [0.4, 0.5) is 37.7 Å². The van der Waals surface area contributed by atoms with Gasteiger partial charge in [0.2, 0.25) is 0 Å². The number of nitrogens with zero attached hydrogens (tertiary/aromatic N) is 6. The lowest BCUT2D eigenvalue weighted by atomic mass is 9.98. The molecule has 4 heterocycles. The molecule has 0 bridgehead atoms. The number of Topliss-reactive ketones (excluding diaryl/α,β-unsaturated/α-hetero) is 1. The Kier molecular flexibility index (Phi) is 10.9. The molecule has 0 unspecified atom stereocenters. The number of benzene rings is 1. The third-order valence-electron chi connectivity index (χ3n) is 7.28. The number of rotatable bonds is 10. The number of halogens is 9. The average molecular weight is 827 g/mol. The van der Waals surface area contributed by atoms with E-state index < -0.39 is 25.2 Å². The summed E-state index contributed by atoms with van der Waals surface area (Å²) >= 11 is 13.9. The summed E-state index contributed by atoms with van der Waals surface area (Å²) in [6.45, 7) is 1.36. The molecule has 18 heteroatoms. The van der Waals surface area contributed by atoms with Crippen LogP contribution in [0.15, 0.2) is 42.7 Å². The Morgan fingerprint density at radius 1 is 0.875 bits per heavy atom. The standard InChI is InChI=1S/C21H20ClF3N4O.C9H7ClF3IN4/c1-12-8-14(4-5-15(12)18(30)9-13-2-3-13)17-11-27-20-16(10-19(22)28-29(17)20)26-7-6-21(23,24)25;10-6-3-5(15-2-1-9(11,12)13)8-16-4-7(14)18(8)17-6/h4-5,8,10-11,13,26H,2-3,6-7,9H2,1H3;3-4,15H,1-2H2. The Balaban J connectivity index is 0.000000214. The summed E-state index contributed by atoms with van der Waals surface area (Å²) in [7, 11) is 0. The Bertz CT molecular complexity index is 1940. The van der Waals surface area contributed by atoms with E-state index in [1.165, 1.54) is 21.2 Å². The minimum atomic E-state index is -4.25. The van der Waals surface area contributed by atoms with Crippen molar-refractivity contribution in [3.05, 3.63) is 67.9 Å². The molecule has 48 heavy (non-hydrogen) atoms. The molecule has 0 saturated heterocycles. The van der Waals surface area contributed by atoms with Crippen LogP contribution in [0.1, 0.15) is 48.0 Å². The largest absolute Gasteiger partial charge is 0.390 e. The number of hydrogen-bond acceptors (Lipinski definition) is 7. The van der Waals surface area contributed by atoms with E-state index >= 15 is 0 Å². The molecule has 0 aliphatic heterocycles. The molecule has 1 aromatic carbocycles. The molecule has 9 nitrogen and oxygen atoms in total. The first-order valence-electron chi connectivity index (χ1n) is 14.6. The molecule has 1 aliphatic rings. The molecule has 0 amide bonds. The van der Waals surface area contributed by atoms with Crippen LogP contribution < -0.4 is 10.6 Å². The minimum absolute atomic E-state index is 0.129. The predicted molar refractivity (Wildman–Crippen MR) is 179 cm³/mol. The summed E-state index contributed by atoms with van der Waals surface area (Å²) in [5.41, 5.74) is 4.63. The van der Waals surface area contributed by atoms with Gasteiger partial charge >= 0.3 is 12.4 Å². The fourth-order valence-electron chi connectivity index (χ4n) is 4.82. The average Bonchev–Trinajstić information content (AvgIpc) is 3.57. The van der Waals surface area contributed by atoms with Crippen LogP contribution in [0.25, 0.3) is 22.6 Å². The fraction of sp³-hybridized carbons (Fsp3) is 0.367. The topological polar surface area (TPSA) is 102 Å². The fourth-order valence-corrected chi connectivity index (χ4v) is 5.66. The number of fused-ring (bicyclic) bond motifs is 2. The third kappa shape index (κ3) is 9.40. The monoisotopic (exact) mass is 826 g/mol. The molecule has 1 fully saturated rings. The minimum Gasteiger partial charge on any atom is -0.382 e. The summed E-state index contributed by atoms with van der Waals surface area (Å²) < 4.78 is 77.2. The van der Waals surface area contributed by atoms with Crippen molar-refractivity contribution >= 4 is 74.2 Å². The van der Waals surface area contributed by atoms with Gasteiger partial charge in [-0.1, -0.05) is 35.3 Å². The normalized spacial score (nSPS) is 13.5. The van der Waals surface area contributed by atoms with Gasteiger partial charge in [-0.25, -0.2) is 19.0 Å². The van der Waals surface area contributed by atoms with Gasteiger partial charge in [0.15, 0.2) is 27.4 Å². The second-order valence-corrected chi connectivity index (χ2v) is 13.0. The second kappa shape index (κ2) is 14.6. The molecule has 0 spiro atoms. The van der Waals surface area contributed by atoms with Crippen molar-refractivity contribution in [2.24, 2.45) is 5.92 Å². The van der Waals surface area contributed by atoms with Gasteiger partial charge in [0.25, 0.3) is 0 Å². The van der Waals surface area contributed by atoms with Crippen molar-refractivity contribution < 1.29 is 31.1 Å². The highest BCUT2D eigenvalue weighted by atomic mass is 127. The summed E-state index contributed by atoms with van der Waals surface area (Å²) in [5, 5.41) is 14.0. The summed E-state index contributed by atoms with van der Waals surface area (Å²) in [4.78, 5) is 20.8. The predicted octanol–water partition coefficient (Wildman–Crippen LogP) is 9.06. The highest BCUT2D eigenvalue weighted by molar-refractivity contribution is 14.1. The number of nitrogens with one attached hydrogen (secondary N) is 2. The zero-order valence-electron chi connectivity index (χ0n) is 25.1. The maximum Gasteiger partial charge on any atom is 0.390 e. The SMILES string of the molecule is Cc1cc(-c2cnc3c(NCCC(F)(F)F)cc(Cl)nn23)ccc1C(=O)CC1CC1.FC(F)(F)CCNc1cc(Cl)nn2c(I)cnc12. The van der Waals surface area contributed by atoms with Gasteiger partial charge in [-0.2, -0.15) is 36.5 Å². The Morgan fingerprint density at radius 2 is 1.42 bits per heavy atom. The van der Waals surface area contributed by atoms with E-state index in [9.17, 15) is 31.1 Å². The highest BCUT2D eigenvalue weighted by Gasteiger charge is 2.28. The number of aromatic nitrogens is 6. The van der Waals surface area contributed by atoms with Crippen molar-refractivity contribution in [2.75, 3.05) is 23.7 Å². The molecule has 1 saturated carbocycles. The summed E-state index contributed by atoms with van der Waals surface area (Å²) in [5.74, 6) is 0.668. The quantitative estimate of drug-likeness (QED) is 0.0824. The molecule has 1 aliphatic carbocycles. The molecule has 256 valence electrons. The van der Waals surface area contributed by atoms with Crippen LogP contribution in [-0.2, 0) is 0 Å². The van der Waals surface area contributed by atoms with Crippen molar-refractivity contribution in [1.29, 1.82) is 0 Å². The van der Waals surface area contributed by atoms with Gasteiger partial charge in [0, 0.05) is 42.8 Å². The second-order valence-electron chi connectivity index (χ2n) is 11.1. The van der Waals surface area contributed by atoms with E-state index in [0.717, 1.165) is 27.7 Å². The maximum atomic E-state index is 12.5. The number of carbonyl (C=O) groups is 1. The number of alkyl halides is 6. The van der Waals surface area contributed by atoms with E-state index in [2.05, 4.69) is 30.8 Å². The van der Waals surface area contributed by atoms with Gasteiger partial charge in [0.1, 0.15) is 3.70 Å². The highest BCUT2D eigenvalue weighted by Crippen LogP contribution is 2.34. The van der Waals surface area contributed by atoms with Gasteiger partial charge in [-0.05, 0) is 59.9 Å². The molecule has 0 radical (unpaired) electrons.